The van der Waals surface area contributed by atoms with E-state index >= 15 is 0 Å². The molecule has 0 N–H and O–H groups in total. The molecule has 0 fully saturated rings. The zero-order valence-electron chi connectivity index (χ0n) is 37.5. The lowest BCUT2D eigenvalue weighted by Gasteiger charge is -2.28. The third-order valence-corrected chi connectivity index (χ3v) is 14.0. The second kappa shape index (κ2) is 15.1. The fourth-order valence-electron chi connectivity index (χ4n) is 10.4. The molecule has 0 saturated carbocycles. The zero-order chi connectivity index (χ0) is 43.7. The topological polar surface area (TPSA) is 6.48 Å². The largest absolute Gasteiger partial charge is 0.310 e. The van der Waals surface area contributed by atoms with Gasteiger partial charge in [-0.15, -0.1) is 0 Å². The van der Waals surface area contributed by atoms with Crippen molar-refractivity contribution in [1.29, 1.82) is 0 Å². The van der Waals surface area contributed by atoms with E-state index in [9.17, 15) is 0 Å². The van der Waals surface area contributed by atoms with Crippen LogP contribution in [0.2, 0.25) is 0 Å². The molecule has 0 bridgehead atoms. The van der Waals surface area contributed by atoms with Crippen LogP contribution in [0.15, 0.2) is 206 Å². The van der Waals surface area contributed by atoms with Crippen molar-refractivity contribution in [2.45, 2.75) is 52.4 Å². The Kier molecular flexibility index (Phi) is 9.33. The number of hydrogen-bond donors (Lipinski definition) is 0. The maximum absolute atomic E-state index is 2.41. The molecule has 0 spiro atoms. The summed E-state index contributed by atoms with van der Waals surface area (Å²) in [7, 11) is 0. The first-order chi connectivity index (χ1) is 31.0. The Hall–Kier alpha value is -7.42. The molecule has 0 atom stereocenters. The van der Waals surface area contributed by atoms with Gasteiger partial charge in [-0.05, 0) is 159 Å². The number of hydrogen-bond acceptors (Lipinski definition) is 2. The number of anilines is 6. The summed E-state index contributed by atoms with van der Waals surface area (Å²) < 4.78 is 0. The molecule has 310 valence electrons. The molecule has 11 rings (SSSR count). The number of rotatable bonds is 8. The van der Waals surface area contributed by atoms with Crippen LogP contribution >= 0.6 is 0 Å². The van der Waals surface area contributed by atoms with Gasteiger partial charge in [-0.25, -0.2) is 0 Å². The highest BCUT2D eigenvalue weighted by Gasteiger charge is 2.37. The zero-order valence-corrected chi connectivity index (χ0v) is 37.5. The molecule has 0 aromatic heterocycles. The van der Waals surface area contributed by atoms with Crippen LogP contribution < -0.4 is 9.80 Å². The number of benzene rings is 9. The van der Waals surface area contributed by atoms with Crippen LogP contribution in [0.4, 0.5) is 34.1 Å². The van der Waals surface area contributed by atoms with Crippen molar-refractivity contribution in [2.24, 2.45) is 0 Å². The van der Waals surface area contributed by atoms with E-state index in [1.54, 1.807) is 0 Å². The number of fused-ring (bicyclic) bond motifs is 6. The lowest BCUT2D eigenvalue weighted by molar-refractivity contribution is 0.660. The van der Waals surface area contributed by atoms with E-state index in [0.29, 0.717) is 0 Å². The van der Waals surface area contributed by atoms with Crippen LogP contribution in [0.3, 0.4) is 0 Å². The highest BCUT2D eigenvalue weighted by molar-refractivity contribution is 5.88. The minimum Gasteiger partial charge on any atom is -0.310 e. The van der Waals surface area contributed by atoms with Crippen molar-refractivity contribution in [3.8, 4) is 44.5 Å². The van der Waals surface area contributed by atoms with Crippen LogP contribution in [0.25, 0.3) is 44.5 Å². The molecule has 0 saturated heterocycles. The molecular weight excluding hydrogens is 773 g/mol. The molecule has 2 nitrogen and oxygen atoms in total. The minimum absolute atomic E-state index is 0.0797. The van der Waals surface area contributed by atoms with Crippen LogP contribution in [0.1, 0.15) is 61.1 Å². The quantitative estimate of drug-likeness (QED) is 0.151. The number of aryl methyl sites for hydroxylation is 2. The van der Waals surface area contributed by atoms with Gasteiger partial charge in [0, 0.05) is 45.0 Å². The standard InChI is InChI=1S/C62H52N2/c1-41-18-26-47(27-19-41)63(51-34-36-55-53-14-7-9-16-57(53)61(3,4)59(55)39-51)49-30-22-43(23-31-49)45-12-11-13-46(38-45)44-24-32-50(33-25-44)64(48-28-20-42(2)21-29-48)52-35-37-56-54-15-8-10-17-58(54)62(5,6)60(56)40-52/h7-40H,1-6H3. The monoisotopic (exact) mass is 824 g/mol. The smallest absolute Gasteiger partial charge is 0.0465 e. The first kappa shape index (κ1) is 39.4. The van der Waals surface area contributed by atoms with Gasteiger partial charge in [0.1, 0.15) is 0 Å². The molecule has 64 heavy (non-hydrogen) atoms. The van der Waals surface area contributed by atoms with Crippen molar-refractivity contribution in [1.82, 2.24) is 0 Å². The molecule has 2 aliphatic rings. The van der Waals surface area contributed by atoms with Gasteiger partial charge in [-0.3, -0.25) is 0 Å². The van der Waals surface area contributed by atoms with Crippen LogP contribution in [-0.2, 0) is 10.8 Å². The van der Waals surface area contributed by atoms with E-state index in [1.807, 2.05) is 0 Å². The highest BCUT2D eigenvalue weighted by Crippen LogP contribution is 2.52. The van der Waals surface area contributed by atoms with Gasteiger partial charge in [-0.2, -0.15) is 0 Å². The van der Waals surface area contributed by atoms with Crippen LogP contribution in [-0.4, -0.2) is 0 Å². The van der Waals surface area contributed by atoms with Crippen molar-refractivity contribution in [2.75, 3.05) is 9.80 Å². The molecule has 2 heteroatoms. The van der Waals surface area contributed by atoms with Gasteiger partial charge in [0.15, 0.2) is 0 Å². The molecular formula is C62H52N2. The summed E-state index contributed by atoms with van der Waals surface area (Å²) in [6.07, 6.45) is 0. The lowest BCUT2D eigenvalue weighted by atomic mass is 9.82. The van der Waals surface area contributed by atoms with E-state index < -0.39 is 0 Å². The summed E-state index contributed by atoms with van der Waals surface area (Å²) in [6, 6.07) is 76.5. The molecule has 0 heterocycles. The summed E-state index contributed by atoms with van der Waals surface area (Å²) >= 11 is 0. The van der Waals surface area contributed by atoms with Crippen LogP contribution in [0.5, 0.6) is 0 Å². The predicted octanol–water partition coefficient (Wildman–Crippen LogP) is 17.2. The molecule has 0 radical (unpaired) electrons. The fraction of sp³-hybridized carbons (Fsp3) is 0.129. The van der Waals surface area contributed by atoms with Gasteiger partial charge in [0.05, 0.1) is 0 Å². The Labute approximate surface area is 378 Å². The average molecular weight is 825 g/mol. The maximum Gasteiger partial charge on any atom is 0.0465 e. The van der Waals surface area contributed by atoms with E-state index in [-0.39, 0.29) is 10.8 Å². The van der Waals surface area contributed by atoms with E-state index in [1.165, 1.54) is 77.9 Å². The summed E-state index contributed by atoms with van der Waals surface area (Å²) in [5.41, 5.74) is 24.8. The van der Waals surface area contributed by atoms with E-state index in [2.05, 4.69) is 258 Å². The maximum atomic E-state index is 2.41. The van der Waals surface area contributed by atoms with Gasteiger partial charge >= 0.3 is 0 Å². The van der Waals surface area contributed by atoms with Gasteiger partial charge < -0.3 is 9.80 Å². The number of nitrogens with zero attached hydrogens (tertiary/aromatic N) is 2. The third kappa shape index (κ3) is 6.56. The predicted molar refractivity (Wildman–Crippen MR) is 271 cm³/mol. The average Bonchev–Trinajstić information content (AvgIpc) is 3.70. The molecule has 9 aromatic carbocycles. The van der Waals surface area contributed by atoms with Crippen molar-refractivity contribution >= 4 is 34.1 Å². The highest BCUT2D eigenvalue weighted by atomic mass is 15.1. The van der Waals surface area contributed by atoms with E-state index in [0.717, 1.165) is 34.1 Å². The molecule has 0 unspecified atom stereocenters. The molecule has 0 amide bonds. The Morgan fingerprint density at radius 3 is 0.984 bits per heavy atom. The lowest BCUT2D eigenvalue weighted by Crippen LogP contribution is -2.16. The Bertz CT molecular complexity index is 2990. The second-order valence-electron chi connectivity index (χ2n) is 18.8. The molecule has 9 aromatic rings. The second-order valence-corrected chi connectivity index (χ2v) is 18.8. The Balaban J connectivity index is 0.904. The van der Waals surface area contributed by atoms with E-state index in [4.69, 9.17) is 0 Å². The minimum atomic E-state index is -0.0797. The van der Waals surface area contributed by atoms with Crippen molar-refractivity contribution in [3.63, 3.8) is 0 Å². The first-order valence-corrected chi connectivity index (χ1v) is 22.6. The summed E-state index contributed by atoms with van der Waals surface area (Å²) in [6.45, 7) is 13.7. The normalized spacial score (nSPS) is 13.7. The fourth-order valence-corrected chi connectivity index (χ4v) is 10.4. The van der Waals surface area contributed by atoms with Crippen LogP contribution in [0, 0.1) is 13.8 Å². The van der Waals surface area contributed by atoms with Crippen molar-refractivity contribution < 1.29 is 0 Å². The summed E-state index contributed by atoms with van der Waals surface area (Å²) in [4.78, 5) is 4.78. The molecule has 0 aliphatic heterocycles. The Morgan fingerprint density at radius 1 is 0.266 bits per heavy atom. The summed E-state index contributed by atoms with van der Waals surface area (Å²) in [5, 5.41) is 0. The first-order valence-electron chi connectivity index (χ1n) is 22.6. The van der Waals surface area contributed by atoms with Gasteiger partial charge in [-0.1, -0.05) is 166 Å². The van der Waals surface area contributed by atoms with Gasteiger partial charge in [0.25, 0.3) is 0 Å². The molecule has 2 aliphatic carbocycles. The SMILES string of the molecule is Cc1ccc(N(c2ccc(-c3cccc(-c4ccc(N(c5ccc(C)cc5)c5ccc6c(c5)C(C)(C)c5ccccc5-6)cc4)c3)cc2)c2ccc3c(c2)C(C)(C)c2ccccc2-3)cc1. The van der Waals surface area contributed by atoms with Crippen molar-refractivity contribution in [3.05, 3.63) is 240 Å². The summed E-state index contributed by atoms with van der Waals surface area (Å²) in [5.74, 6) is 0. The van der Waals surface area contributed by atoms with Gasteiger partial charge in [0.2, 0.25) is 0 Å². The third-order valence-electron chi connectivity index (χ3n) is 14.0. The Morgan fingerprint density at radius 2 is 0.594 bits per heavy atom.